The number of rotatable bonds is 12. The Morgan fingerprint density at radius 3 is 2.71 bits per heavy atom. The first-order valence-electron chi connectivity index (χ1n) is 10.6. The topological polar surface area (TPSA) is 103 Å². The van der Waals surface area contributed by atoms with Gasteiger partial charge in [-0.3, -0.25) is 0 Å². The van der Waals surface area contributed by atoms with E-state index in [1.807, 2.05) is 49.3 Å². The van der Waals surface area contributed by atoms with Crippen LogP contribution in [-0.4, -0.2) is 85.9 Å². The number of anilines is 2. The van der Waals surface area contributed by atoms with E-state index in [-0.39, 0.29) is 6.61 Å². The fraction of sp³-hybridized carbons (Fsp3) is 0.545. The Morgan fingerprint density at radius 2 is 1.97 bits per heavy atom. The highest BCUT2D eigenvalue weighted by Crippen LogP contribution is 2.26. The fourth-order valence-corrected chi connectivity index (χ4v) is 3.48. The van der Waals surface area contributed by atoms with Crippen LogP contribution in [0.3, 0.4) is 0 Å². The van der Waals surface area contributed by atoms with Gasteiger partial charge in [0.15, 0.2) is 0 Å². The van der Waals surface area contributed by atoms with Gasteiger partial charge < -0.3 is 34.8 Å². The van der Waals surface area contributed by atoms with Gasteiger partial charge >= 0.3 is 0 Å². The van der Waals surface area contributed by atoms with Gasteiger partial charge in [-0.25, -0.2) is 9.97 Å². The molecule has 0 saturated carbocycles. The molecular weight excluding hydrogens is 398 g/mol. The quantitative estimate of drug-likeness (QED) is 0.418. The summed E-state index contributed by atoms with van der Waals surface area (Å²) < 4.78 is 10.8. The van der Waals surface area contributed by atoms with E-state index in [2.05, 4.69) is 20.2 Å². The van der Waals surface area contributed by atoms with Gasteiger partial charge in [-0.05, 0) is 24.1 Å². The number of ether oxygens (including phenoxy) is 2. The van der Waals surface area contributed by atoms with Gasteiger partial charge in [0.25, 0.3) is 0 Å². The molecule has 1 atom stereocenters. The Morgan fingerprint density at radius 1 is 1.16 bits per heavy atom. The molecular formula is C22H33N5O4. The van der Waals surface area contributed by atoms with Gasteiger partial charge in [0, 0.05) is 46.3 Å². The number of nitrogens with one attached hydrogen (secondary N) is 1. The maximum atomic E-state index is 11.0. The third-order valence-corrected chi connectivity index (χ3v) is 5.19. The normalized spacial score (nSPS) is 18.4. The Hall–Kier alpha value is -2.46. The molecule has 1 aromatic heterocycles. The SMILES string of the molecule is CN(C)c1cc(N2CCC(O)(CNCc3ccc(OCCOCCO)cc3)C2)ncn1. The molecule has 0 amide bonds. The van der Waals surface area contributed by atoms with Gasteiger partial charge in [0.1, 0.15) is 30.3 Å². The van der Waals surface area contributed by atoms with E-state index in [1.165, 1.54) is 0 Å². The largest absolute Gasteiger partial charge is 0.491 e. The number of hydrogen-bond acceptors (Lipinski definition) is 9. The van der Waals surface area contributed by atoms with Crippen LogP contribution in [0.25, 0.3) is 0 Å². The predicted molar refractivity (Wildman–Crippen MR) is 120 cm³/mol. The van der Waals surface area contributed by atoms with Crippen LogP contribution in [0.4, 0.5) is 11.6 Å². The molecule has 0 radical (unpaired) electrons. The van der Waals surface area contributed by atoms with Crippen molar-refractivity contribution in [1.29, 1.82) is 0 Å². The fourth-order valence-electron chi connectivity index (χ4n) is 3.48. The summed E-state index contributed by atoms with van der Waals surface area (Å²) in [6.45, 7) is 3.72. The summed E-state index contributed by atoms with van der Waals surface area (Å²) >= 11 is 0. The molecule has 9 nitrogen and oxygen atoms in total. The molecule has 170 valence electrons. The monoisotopic (exact) mass is 431 g/mol. The van der Waals surface area contributed by atoms with Gasteiger partial charge in [-0.15, -0.1) is 0 Å². The Labute approximate surface area is 183 Å². The van der Waals surface area contributed by atoms with Crippen LogP contribution in [0.15, 0.2) is 36.7 Å². The molecule has 0 bridgehead atoms. The highest BCUT2D eigenvalue weighted by molar-refractivity contribution is 5.50. The third-order valence-electron chi connectivity index (χ3n) is 5.19. The van der Waals surface area contributed by atoms with Crippen LogP contribution in [0.2, 0.25) is 0 Å². The molecule has 1 aromatic carbocycles. The first-order valence-corrected chi connectivity index (χ1v) is 10.6. The van der Waals surface area contributed by atoms with E-state index >= 15 is 0 Å². The van der Waals surface area contributed by atoms with Crippen LogP contribution in [-0.2, 0) is 11.3 Å². The summed E-state index contributed by atoms with van der Waals surface area (Å²) in [7, 11) is 3.89. The molecule has 31 heavy (non-hydrogen) atoms. The lowest BCUT2D eigenvalue weighted by Gasteiger charge is -2.24. The lowest BCUT2D eigenvalue weighted by Crippen LogP contribution is -2.43. The minimum absolute atomic E-state index is 0.0207. The highest BCUT2D eigenvalue weighted by atomic mass is 16.5. The second-order valence-corrected chi connectivity index (χ2v) is 7.96. The highest BCUT2D eigenvalue weighted by Gasteiger charge is 2.36. The van der Waals surface area contributed by atoms with Gasteiger partial charge in [-0.2, -0.15) is 0 Å². The van der Waals surface area contributed by atoms with Crippen molar-refractivity contribution in [1.82, 2.24) is 15.3 Å². The zero-order valence-electron chi connectivity index (χ0n) is 18.3. The zero-order valence-corrected chi connectivity index (χ0v) is 18.3. The summed E-state index contributed by atoms with van der Waals surface area (Å²) in [5.74, 6) is 2.47. The second kappa shape index (κ2) is 11.2. The van der Waals surface area contributed by atoms with E-state index in [0.717, 1.165) is 29.5 Å². The van der Waals surface area contributed by atoms with Crippen LogP contribution < -0.4 is 19.9 Å². The molecule has 3 N–H and O–H groups in total. The summed E-state index contributed by atoms with van der Waals surface area (Å²) in [6.07, 6.45) is 2.25. The molecule has 0 spiro atoms. The average molecular weight is 432 g/mol. The van der Waals surface area contributed by atoms with E-state index in [0.29, 0.717) is 45.9 Å². The molecule has 1 saturated heterocycles. The van der Waals surface area contributed by atoms with E-state index < -0.39 is 5.60 Å². The molecule has 1 aliphatic heterocycles. The number of nitrogens with zero attached hydrogens (tertiary/aromatic N) is 4. The smallest absolute Gasteiger partial charge is 0.134 e. The van der Waals surface area contributed by atoms with Crippen molar-refractivity contribution in [2.24, 2.45) is 0 Å². The molecule has 1 aliphatic rings. The van der Waals surface area contributed by atoms with Crippen molar-refractivity contribution in [2.45, 2.75) is 18.6 Å². The maximum Gasteiger partial charge on any atom is 0.134 e. The second-order valence-electron chi connectivity index (χ2n) is 7.96. The number of hydrogen-bond donors (Lipinski definition) is 3. The molecule has 2 aromatic rings. The van der Waals surface area contributed by atoms with Crippen molar-refractivity contribution in [3.63, 3.8) is 0 Å². The molecule has 9 heteroatoms. The number of aliphatic hydroxyl groups is 2. The van der Waals surface area contributed by atoms with Crippen LogP contribution >= 0.6 is 0 Å². The lowest BCUT2D eigenvalue weighted by atomic mass is 10.0. The summed E-state index contributed by atoms with van der Waals surface area (Å²) in [4.78, 5) is 12.7. The summed E-state index contributed by atoms with van der Waals surface area (Å²) in [5, 5.41) is 23.0. The number of benzene rings is 1. The van der Waals surface area contributed by atoms with E-state index in [4.69, 9.17) is 14.6 Å². The number of aliphatic hydroxyl groups excluding tert-OH is 1. The van der Waals surface area contributed by atoms with Crippen LogP contribution in [0.1, 0.15) is 12.0 Å². The Balaban J connectivity index is 1.41. The van der Waals surface area contributed by atoms with Gasteiger partial charge in [0.2, 0.25) is 0 Å². The zero-order chi connectivity index (χ0) is 22.1. The maximum absolute atomic E-state index is 11.0. The molecule has 1 unspecified atom stereocenters. The molecule has 2 heterocycles. The van der Waals surface area contributed by atoms with Crippen molar-refractivity contribution in [3.05, 3.63) is 42.2 Å². The van der Waals surface area contributed by atoms with Crippen LogP contribution in [0, 0.1) is 0 Å². The predicted octanol–water partition coefficient (Wildman–Crippen LogP) is 0.661. The summed E-state index contributed by atoms with van der Waals surface area (Å²) in [5.41, 5.74) is 0.328. The van der Waals surface area contributed by atoms with Crippen molar-refractivity contribution < 1.29 is 19.7 Å². The number of aromatic nitrogens is 2. The Kier molecular flexibility index (Phi) is 8.42. The standard InChI is InChI=1S/C22H33N5O4/c1-26(2)20-13-21(25-17-24-20)27-8-7-22(29,16-27)15-23-14-18-3-5-19(6-4-18)31-12-11-30-10-9-28/h3-6,13,17,23,28-29H,7-12,14-16H2,1-2H3. The van der Waals surface area contributed by atoms with E-state index in [9.17, 15) is 5.11 Å². The van der Waals surface area contributed by atoms with E-state index in [1.54, 1.807) is 6.33 Å². The molecule has 1 fully saturated rings. The van der Waals surface area contributed by atoms with Gasteiger partial charge in [0.05, 0.1) is 25.4 Å². The lowest BCUT2D eigenvalue weighted by molar-refractivity contribution is 0.0626. The van der Waals surface area contributed by atoms with Crippen molar-refractivity contribution in [3.8, 4) is 5.75 Å². The van der Waals surface area contributed by atoms with Crippen molar-refractivity contribution in [2.75, 3.05) is 70.0 Å². The molecule has 0 aliphatic carbocycles. The van der Waals surface area contributed by atoms with Crippen molar-refractivity contribution >= 4 is 11.6 Å². The Bertz CT molecular complexity index is 805. The number of β-amino-alcohol motifs (C(OH)–C–C–N with tert-alkyl or cyclic N) is 1. The molecule has 3 rings (SSSR count). The minimum atomic E-state index is -0.791. The average Bonchev–Trinajstić information content (AvgIpc) is 3.17. The van der Waals surface area contributed by atoms with Crippen LogP contribution in [0.5, 0.6) is 5.75 Å². The first kappa shape index (κ1) is 23.2. The minimum Gasteiger partial charge on any atom is -0.491 e. The summed E-state index contributed by atoms with van der Waals surface area (Å²) in [6, 6.07) is 9.80. The first-order chi connectivity index (χ1) is 15.0. The van der Waals surface area contributed by atoms with Gasteiger partial charge in [-0.1, -0.05) is 12.1 Å². The third kappa shape index (κ3) is 7.03.